The zero-order chi connectivity index (χ0) is 9.47. The molecule has 0 spiro atoms. The molecule has 0 aromatic carbocycles. The van der Waals surface area contributed by atoms with Gasteiger partial charge in [0.2, 0.25) is 0 Å². The summed E-state index contributed by atoms with van der Waals surface area (Å²) in [5.74, 6) is 0.773. The molecular weight excluding hydrogens is 161 g/mol. The van der Waals surface area contributed by atoms with Crippen molar-refractivity contribution in [3.63, 3.8) is 0 Å². The lowest BCUT2D eigenvalue weighted by molar-refractivity contribution is 0.698. The molecule has 1 aliphatic heterocycles. The van der Waals surface area contributed by atoms with E-state index in [9.17, 15) is 0 Å². The van der Waals surface area contributed by atoms with E-state index < -0.39 is 5.31 Å². The largest absolute Gasteiger partial charge is 0.237 e. The Labute approximate surface area is 78.6 Å². The lowest BCUT2D eigenvalue weighted by Crippen LogP contribution is -2.22. The molecule has 0 bridgehead atoms. The summed E-state index contributed by atoms with van der Waals surface area (Å²) >= 11 is 0. The minimum atomic E-state index is -0.537. The Kier molecular flexibility index (Phi) is 1.65. The van der Waals surface area contributed by atoms with Crippen LogP contribution in [0.2, 0.25) is 0 Å². The van der Waals surface area contributed by atoms with Gasteiger partial charge < -0.3 is 0 Å². The molecule has 0 aliphatic carbocycles. The third kappa shape index (κ3) is 1.32. The molecule has 2 radical (unpaired) electrons. The van der Waals surface area contributed by atoms with Crippen LogP contribution in [-0.4, -0.2) is 23.7 Å². The van der Waals surface area contributed by atoms with Gasteiger partial charge in [-0.05, 0) is 13.0 Å². The van der Waals surface area contributed by atoms with Crippen molar-refractivity contribution in [3.05, 3.63) is 29.9 Å². The summed E-state index contributed by atoms with van der Waals surface area (Å²) < 4.78 is 1.72. The lowest BCUT2D eigenvalue weighted by Gasteiger charge is -2.17. The first-order valence-electron chi connectivity index (χ1n) is 4.17. The normalized spacial score (nSPS) is 25.7. The van der Waals surface area contributed by atoms with Gasteiger partial charge in [-0.1, -0.05) is 13.0 Å². The minimum Gasteiger partial charge on any atom is -0.237 e. The van der Waals surface area contributed by atoms with E-state index in [1.165, 1.54) is 0 Å². The molecule has 0 saturated heterocycles. The van der Waals surface area contributed by atoms with Gasteiger partial charge in [-0.15, -0.1) is 0 Å². The van der Waals surface area contributed by atoms with E-state index >= 15 is 0 Å². The van der Waals surface area contributed by atoms with E-state index in [1.54, 1.807) is 10.9 Å². The number of aryl methyl sites for hydroxylation is 1. The SMILES string of the molecule is [B]C1(C)C=CC=Nn2cc(C)nc21. The van der Waals surface area contributed by atoms with Crippen molar-refractivity contribution in [1.29, 1.82) is 0 Å². The Morgan fingerprint density at radius 2 is 2.31 bits per heavy atom. The van der Waals surface area contributed by atoms with Crippen LogP contribution in [0.1, 0.15) is 18.4 Å². The molecule has 1 atom stereocenters. The maximum Gasteiger partial charge on any atom is 0.130 e. The van der Waals surface area contributed by atoms with E-state index in [0.717, 1.165) is 11.5 Å². The molecule has 0 saturated carbocycles. The highest BCUT2D eigenvalue weighted by molar-refractivity contribution is 6.17. The van der Waals surface area contributed by atoms with Gasteiger partial charge in [0.25, 0.3) is 0 Å². The third-order valence-corrected chi connectivity index (χ3v) is 2.01. The summed E-state index contributed by atoms with van der Waals surface area (Å²) in [4.78, 5) is 4.34. The minimum absolute atomic E-state index is 0.537. The first-order chi connectivity index (χ1) is 6.09. The topological polar surface area (TPSA) is 30.2 Å². The Bertz CT molecular complexity index is 388. The highest BCUT2D eigenvalue weighted by atomic mass is 15.4. The summed E-state index contributed by atoms with van der Waals surface area (Å²) in [7, 11) is 6.05. The molecule has 3 nitrogen and oxygen atoms in total. The second-order valence-electron chi connectivity index (χ2n) is 3.46. The molecular formula is C9H10BN3. The lowest BCUT2D eigenvalue weighted by atomic mass is 9.70. The van der Waals surface area contributed by atoms with Crippen molar-refractivity contribution in [2.45, 2.75) is 19.2 Å². The van der Waals surface area contributed by atoms with E-state index in [0.29, 0.717) is 0 Å². The Morgan fingerprint density at radius 3 is 3.08 bits per heavy atom. The van der Waals surface area contributed by atoms with Crippen LogP contribution < -0.4 is 0 Å². The molecule has 1 aliphatic rings. The van der Waals surface area contributed by atoms with Crippen LogP contribution in [0.25, 0.3) is 0 Å². The molecule has 2 heterocycles. The van der Waals surface area contributed by atoms with Crippen molar-refractivity contribution in [1.82, 2.24) is 9.66 Å². The molecule has 0 amide bonds. The molecule has 1 unspecified atom stereocenters. The number of nitrogens with zero attached hydrogens (tertiary/aromatic N) is 3. The number of imidazole rings is 1. The summed E-state index contributed by atoms with van der Waals surface area (Å²) in [6.07, 6.45) is 7.30. The van der Waals surface area contributed by atoms with E-state index in [1.807, 2.05) is 32.2 Å². The van der Waals surface area contributed by atoms with Crippen molar-refractivity contribution in [2.75, 3.05) is 0 Å². The molecule has 0 N–H and O–H groups in total. The first-order valence-corrected chi connectivity index (χ1v) is 4.17. The van der Waals surface area contributed by atoms with Gasteiger partial charge in [0.05, 0.1) is 19.7 Å². The zero-order valence-electron chi connectivity index (χ0n) is 7.73. The highest BCUT2D eigenvalue weighted by Crippen LogP contribution is 2.22. The average molecular weight is 171 g/mol. The van der Waals surface area contributed by atoms with Gasteiger partial charge >= 0.3 is 0 Å². The maximum atomic E-state index is 6.05. The summed E-state index contributed by atoms with van der Waals surface area (Å²) in [5, 5.41) is 3.63. The van der Waals surface area contributed by atoms with Crippen LogP contribution in [-0.2, 0) is 5.31 Å². The van der Waals surface area contributed by atoms with Crippen LogP contribution in [0.15, 0.2) is 23.5 Å². The quantitative estimate of drug-likeness (QED) is 0.535. The van der Waals surface area contributed by atoms with Crippen LogP contribution >= 0.6 is 0 Å². The van der Waals surface area contributed by atoms with Crippen molar-refractivity contribution >= 4 is 14.1 Å². The van der Waals surface area contributed by atoms with E-state index in [4.69, 9.17) is 7.85 Å². The molecule has 1 aromatic heterocycles. The summed E-state index contributed by atoms with van der Waals surface area (Å²) in [5.41, 5.74) is 0.930. The highest BCUT2D eigenvalue weighted by Gasteiger charge is 2.23. The van der Waals surface area contributed by atoms with Gasteiger partial charge in [0.1, 0.15) is 5.82 Å². The monoisotopic (exact) mass is 171 g/mol. The zero-order valence-corrected chi connectivity index (χ0v) is 7.73. The van der Waals surface area contributed by atoms with Gasteiger partial charge in [-0.2, -0.15) is 5.10 Å². The Balaban J connectivity index is 2.63. The number of rotatable bonds is 0. The van der Waals surface area contributed by atoms with Gasteiger partial charge in [-0.3, -0.25) is 0 Å². The molecule has 13 heavy (non-hydrogen) atoms. The van der Waals surface area contributed by atoms with Crippen LogP contribution in [0.4, 0.5) is 0 Å². The van der Waals surface area contributed by atoms with E-state index in [2.05, 4.69) is 10.1 Å². The second-order valence-corrected chi connectivity index (χ2v) is 3.46. The standard InChI is InChI=1S/C9H10BN3/c1-7-6-13-8(12-7)9(2,10)4-3-5-11-13/h3-6H,1-2H3. The summed E-state index contributed by atoms with van der Waals surface area (Å²) in [6, 6.07) is 0. The third-order valence-electron chi connectivity index (χ3n) is 2.01. The predicted molar refractivity (Wildman–Crippen MR) is 53.1 cm³/mol. The summed E-state index contributed by atoms with van der Waals surface area (Å²) in [6.45, 7) is 3.84. The fourth-order valence-electron chi connectivity index (χ4n) is 1.37. The van der Waals surface area contributed by atoms with E-state index in [-0.39, 0.29) is 0 Å². The molecule has 64 valence electrons. The van der Waals surface area contributed by atoms with Gasteiger partial charge in [-0.25, -0.2) is 9.66 Å². The molecule has 2 rings (SSSR count). The molecule has 1 aromatic rings. The van der Waals surface area contributed by atoms with Crippen LogP contribution in [0.3, 0.4) is 0 Å². The number of fused-ring (bicyclic) bond motifs is 1. The fraction of sp³-hybridized carbons (Fsp3) is 0.333. The smallest absolute Gasteiger partial charge is 0.130 e. The van der Waals surface area contributed by atoms with Crippen LogP contribution in [0.5, 0.6) is 0 Å². The van der Waals surface area contributed by atoms with Crippen LogP contribution in [0, 0.1) is 6.92 Å². The molecule has 0 fully saturated rings. The number of hydrogen-bond acceptors (Lipinski definition) is 2. The second kappa shape index (κ2) is 2.59. The van der Waals surface area contributed by atoms with Gasteiger partial charge in [0, 0.05) is 11.5 Å². The first kappa shape index (κ1) is 8.29. The Hall–Kier alpha value is -1.32. The average Bonchev–Trinajstić information content (AvgIpc) is 2.36. The predicted octanol–water partition coefficient (Wildman–Crippen LogP) is 0.979. The number of allylic oxidation sites excluding steroid dienone is 2. The van der Waals surface area contributed by atoms with Crippen molar-refractivity contribution < 1.29 is 0 Å². The molecule has 4 heteroatoms. The van der Waals surface area contributed by atoms with Crippen molar-refractivity contribution in [3.8, 4) is 0 Å². The number of hydrogen-bond donors (Lipinski definition) is 0. The fourth-order valence-corrected chi connectivity index (χ4v) is 1.37. The number of aromatic nitrogens is 2. The van der Waals surface area contributed by atoms with Crippen molar-refractivity contribution in [2.24, 2.45) is 5.10 Å². The Morgan fingerprint density at radius 1 is 1.54 bits per heavy atom. The maximum absolute atomic E-state index is 6.05. The van der Waals surface area contributed by atoms with Gasteiger partial charge in [0.15, 0.2) is 0 Å².